The van der Waals surface area contributed by atoms with E-state index in [9.17, 15) is 22.8 Å². The minimum Gasteiger partial charge on any atom is -0.481 e. The summed E-state index contributed by atoms with van der Waals surface area (Å²) < 4.78 is 44.3. The molecule has 2 unspecified atom stereocenters. The van der Waals surface area contributed by atoms with Crippen molar-refractivity contribution in [2.24, 2.45) is 5.92 Å². The first-order valence-corrected chi connectivity index (χ1v) is 5.91. The van der Waals surface area contributed by atoms with E-state index in [2.05, 4.69) is 5.32 Å². The van der Waals surface area contributed by atoms with Crippen LogP contribution in [0.4, 0.5) is 23.7 Å². The Bertz CT molecular complexity index is 559. The molecule has 2 atom stereocenters. The molecule has 0 aromatic heterocycles. The number of nitrogens with one attached hydrogen (secondary N) is 2. The largest absolute Gasteiger partial charge is 0.481 e. The number of hydrogen-bond acceptors (Lipinski definition) is 3. The lowest BCUT2D eigenvalue weighted by molar-refractivity contribution is -0.142. The summed E-state index contributed by atoms with van der Waals surface area (Å²) in [6.07, 6.45) is 0. The number of rotatable bonds is 3. The third kappa shape index (κ3) is 3.43. The van der Waals surface area contributed by atoms with Crippen molar-refractivity contribution in [3.63, 3.8) is 0 Å². The highest BCUT2D eigenvalue weighted by molar-refractivity contribution is 5.90. The molecule has 3 N–H and O–H groups in total. The van der Waals surface area contributed by atoms with Crippen molar-refractivity contribution in [2.45, 2.75) is 6.04 Å². The van der Waals surface area contributed by atoms with E-state index < -0.39 is 47.1 Å². The molecule has 0 saturated carbocycles. The summed E-state index contributed by atoms with van der Waals surface area (Å²) in [5, 5.41) is 13.0. The second-order valence-electron chi connectivity index (χ2n) is 4.43. The smallest absolute Gasteiger partial charge is 0.319 e. The van der Waals surface area contributed by atoms with Gasteiger partial charge in [0.05, 0.1) is 19.3 Å². The fourth-order valence-electron chi connectivity index (χ4n) is 1.92. The summed E-state index contributed by atoms with van der Waals surface area (Å²) in [6, 6.07) is -1.01. The van der Waals surface area contributed by atoms with Gasteiger partial charge < -0.3 is 20.5 Å². The maximum absolute atomic E-state index is 13.3. The number of benzene rings is 1. The van der Waals surface area contributed by atoms with Gasteiger partial charge in [-0.2, -0.15) is 0 Å². The molecule has 2 amide bonds. The molecule has 1 aliphatic rings. The molecule has 1 aliphatic heterocycles. The first kappa shape index (κ1) is 15.1. The quantitative estimate of drug-likeness (QED) is 0.786. The number of ether oxygens (including phenoxy) is 1. The molecule has 1 fully saturated rings. The molecule has 114 valence electrons. The Balaban J connectivity index is 2.04. The van der Waals surface area contributed by atoms with Crippen molar-refractivity contribution in [1.29, 1.82) is 0 Å². The van der Waals surface area contributed by atoms with E-state index in [0.717, 1.165) is 0 Å². The maximum atomic E-state index is 13.3. The number of urea groups is 1. The number of halogens is 3. The predicted molar refractivity (Wildman–Crippen MR) is 64.2 cm³/mol. The zero-order valence-corrected chi connectivity index (χ0v) is 10.5. The van der Waals surface area contributed by atoms with E-state index in [1.807, 2.05) is 5.32 Å². The van der Waals surface area contributed by atoms with Gasteiger partial charge in [-0.1, -0.05) is 0 Å². The summed E-state index contributed by atoms with van der Waals surface area (Å²) in [4.78, 5) is 22.5. The third-order valence-corrected chi connectivity index (χ3v) is 2.96. The molecule has 1 aromatic carbocycles. The fourth-order valence-corrected chi connectivity index (χ4v) is 1.92. The second-order valence-corrected chi connectivity index (χ2v) is 4.43. The molecule has 2 rings (SSSR count). The number of carboxylic acids is 1. The van der Waals surface area contributed by atoms with E-state index in [1.165, 1.54) is 0 Å². The lowest BCUT2D eigenvalue weighted by atomic mass is 10.0. The van der Waals surface area contributed by atoms with Gasteiger partial charge in [-0.25, -0.2) is 18.0 Å². The fraction of sp³-hybridized carbons (Fsp3) is 0.333. The summed E-state index contributed by atoms with van der Waals surface area (Å²) in [6.45, 7) is -0.0989. The minimum absolute atomic E-state index is 0.0290. The Labute approximate surface area is 116 Å². The van der Waals surface area contributed by atoms with Crippen LogP contribution in [0.15, 0.2) is 12.1 Å². The normalized spacial score (nSPS) is 21.1. The minimum atomic E-state index is -1.28. The number of amides is 2. The molecule has 0 aliphatic carbocycles. The molecular weight excluding hydrogens is 293 g/mol. The van der Waals surface area contributed by atoms with Crippen LogP contribution in [0.1, 0.15) is 0 Å². The highest BCUT2D eigenvalue weighted by Gasteiger charge is 2.35. The van der Waals surface area contributed by atoms with Crippen LogP contribution in [0.2, 0.25) is 0 Å². The van der Waals surface area contributed by atoms with Crippen molar-refractivity contribution in [2.75, 3.05) is 18.5 Å². The molecule has 21 heavy (non-hydrogen) atoms. The standard InChI is InChI=1S/C12H11F3N2O4/c13-5-1-7(14)10(8(15)2-5)17-12(20)16-9-4-21-3-6(9)11(18)19/h1-2,6,9H,3-4H2,(H,18,19)(H2,16,17,20). The van der Waals surface area contributed by atoms with Gasteiger partial charge in [0, 0.05) is 12.1 Å². The number of anilines is 1. The molecular formula is C12H11F3N2O4. The summed E-state index contributed by atoms with van der Waals surface area (Å²) in [7, 11) is 0. The van der Waals surface area contributed by atoms with Crippen molar-refractivity contribution < 1.29 is 32.6 Å². The topological polar surface area (TPSA) is 87.7 Å². The van der Waals surface area contributed by atoms with Crippen LogP contribution in [0.5, 0.6) is 0 Å². The Morgan fingerprint density at radius 3 is 2.38 bits per heavy atom. The Kier molecular flexibility index (Phi) is 4.32. The van der Waals surface area contributed by atoms with Gasteiger partial charge in [0.15, 0.2) is 11.6 Å². The van der Waals surface area contributed by atoms with E-state index in [1.54, 1.807) is 0 Å². The first-order valence-electron chi connectivity index (χ1n) is 5.91. The zero-order chi connectivity index (χ0) is 15.6. The Morgan fingerprint density at radius 2 is 1.81 bits per heavy atom. The highest BCUT2D eigenvalue weighted by Crippen LogP contribution is 2.20. The van der Waals surface area contributed by atoms with Crippen LogP contribution in [-0.2, 0) is 9.53 Å². The number of carbonyl (C=O) groups is 2. The molecule has 1 aromatic rings. The van der Waals surface area contributed by atoms with Crippen LogP contribution in [-0.4, -0.2) is 36.4 Å². The van der Waals surface area contributed by atoms with Gasteiger partial charge in [0.2, 0.25) is 0 Å². The van der Waals surface area contributed by atoms with Crippen LogP contribution in [0.25, 0.3) is 0 Å². The van der Waals surface area contributed by atoms with E-state index in [4.69, 9.17) is 9.84 Å². The van der Waals surface area contributed by atoms with Crippen molar-refractivity contribution in [3.05, 3.63) is 29.6 Å². The Hall–Kier alpha value is -2.29. The number of aliphatic carboxylic acids is 1. The molecule has 0 bridgehead atoms. The van der Waals surface area contributed by atoms with E-state index >= 15 is 0 Å². The van der Waals surface area contributed by atoms with E-state index in [-0.39, 0.29) is 13.2 Å². The molecule has 1 saturated heterocycles. The van der Waals surface area contributed by atoms with Crippen LogP contribution in [0.3, 0.4) is 0 Å². The lowest BCUT2D eigenvalue weighted by Gasteiger charge is -2.16. The maximum Gasteiger partial charge on any atom is 0.319 e. The first-order chi connectivity index (χ1) is 9.88. The SMILES string of the molecule is O=C(Nc1c(F)cc(F)cc1F)NC1COCC1C(=O)O. The summed E-state index contributed by atoms with van der Waals surface area (Å²) in [5.41, 5.74) is -0.820. The van der Waals surface area contributed by atoms with Crippen LogP contribution >= 0.6 is 0 Å². The number of hydrogen-bond donors (Lipinski definition) is 3. The molecule has 0 radical (unpaired) electrons. The van der Waals surface area contributed by atoms with Gasteiger partial charge in [0.1, 0.15) is 17.4 Å². The molecule has 1 heterocycles. The lowest BCUT2D eigenvalue weighted by Crippen LogP contribution is -2.44. The van der Waals surface area contributed by atoms with Gasteiger partial charge in [-0.05, 0) is 0 Å². The Morgan fingerprint density at radius 1 is 1.19 bits per heavy atom. The van der Waals surface area contributed by atoms with Gasteiger partial charge in [-0.15, -0.1) is 0 Å². The summed E-state index contributed by atoms with van der Waals surface area (Å²) in [5.74, 6) is -5.78. The number of carboxylic acid groups (broad SMARTS) is 1. The summed E-state index contributed by atoms with van der Waals surface area (Å²) >= 11 is 0. The van der Waals surface area contributed by atoms with Crippen molar-refractivity contribution >= 4 is 17.7 Å². The zero-order valence-electron chi connectivity index (χ0n) is 10.5. The second kappa shape index (κ2) is 6.00. The van der Waals surface area contributed by atoms with E-state index in [0.29, 0.717) is 12.1 Å². The van der Waals surface area contributed by atoms with Crippen molar-refractivity contribution in [3.8, 4) is 0 Å². The highest BCUT2D eigenvalue weighted by atomic mass is 19.1. The predicted octanol–water partition coefficient (Wildman–Crippen LogP) is 1.32. The van der Waals surface area contributed by atoms with Crippen molar-refractivity contribution in [1.82, 2.24) is 5.32 Å². The van der Waals surface area contributed by atoms with Gasteiger partial charge in [0.25, 0.3) is 0 Å². The third-order valence-electron chi connectivity index (χ3n) is 2.96. The monoisotopic (exact) mass is 304 g/mol. The van der Waals surface area contributed by atoms with Crippen LogP contribution in [0, 0.1) is 23.4 Å². The molecule has 6 nitrogen and oxygen atoms in total. The average Bonchev–Trinajstić information content (AvgIpc) is 2.82. The molecule has 0 spiro atoms. The number of carbonyl (C=O) groups excluding carboxylic acids is 1. The van der Waals surface area contributed by atoms with Gasteiger partial charge >= 0.3 is 12.0 Å². The average molecular weight is 304 g/mol. The van der Waals surface area contributed by atoms with Gasteiger partial charge in [-0.3, -0.25) is 4.79 Å². The molecule has 9 heteroatoms. The van der Waals surface area contributed by atoms with Crippen LogP contribution < -0.4 is 10.6 Å².